The van der Waals surface area contributed by atoms with Crippen LogP contribution in [0.1, 0.15) is 9.67 Å². The van der Waals surface area contributed by atoms with Crippen LogP contribution in [0.4, 0.5) is 5.69 Å². The Balaban J connectivity index is 1.97. The van der Waals surface area contributed by atoms with Crippen molar-refractivity contribution in [3.63, 3.8) is 0 Å². The van der Waals surface area contributed by atoms with E-state index in [0.29, 0.717) is 9.90 Å². The first-order valence-electron chi connectivity index (χ1n) is 5.76. The molecule has 3 aromatic rings. The third kappa shape index (κ3) is 2.65. The minimum Gasteiger partial charge on any atom is -0.320 e. The normalized spacial score (nSPS) is 10.7. The van der Waals surface area contributed by atoms with Crippen molar-refractivity contribution >= 4 is 68.2 Å². The molecule has 6 heteroatoms. The zero-order valence-electron chi connectivity index (χ0n) is 10.1. The number of carbonyl (C=O) groups is 1. The summed E-state index contributed by atoms with van der Waals surface area (Å²) in [6.07, 6.45) is 0. The second kappa shape index (κ2) is 5.67. The Morgan fingerprint density at radius 2 is 2.05 bits per heavy atom. The highest BCUT2D eigenvalue weighted by Gasteiger charge is 2.15. The molecular weight excluding hydrogens is 407 g/mol. The van der Waals surface area contributed by atoms with Crippen LogP contribution in [0.25, 0.3) is 10.9 Å². The number of fused-ring (bicyclic) bond motifs is 1. The van der Waals surface area contributed by atoms with Crippen molar-refractivity contribution < 1.29 is 4.79 Å². The molecule has 100 valence electrons. The number of hydrogen-bond donors (Lipinski definition) is 1. The van der Waals surface area contributed by atoms with Crippen molar-refractivity contribution in [3.8, 4) is 0 Å². The zero-order valence-corrected chi connectivity index (χ0v) is 13.8. The van der Waals surface area contributed by atoms with Crippen molar-refractivity contribution in [1.29, 1.82) is 0 Å². The number of amides is 1. The smallest absolute Gasteiger partial charge is 0.268 e. The van der Waals surface area contributed by atoms with Crippen LogP contribution >= 0.6 is 45.7 Å². The maximum atomic E-state index is 12.4. The van der Waals surface area contributed by atoms with E-state index in [1.807, 2.05) is 30.3 Å². The minimum absolute atomic E-state index is 0.163. The van der Waals surface area contributed by atoms with Crippen LogP contribution in [0.2, 0.25) is 5.02 Å². The Labute approximate surface area is 138 Å². The van der Waals surface area contributed by atoms with Gasteiger partial charge in [0.1, 0.15) is 4.88 Å². The Morgan fingerprint density at radius 1 is 1.25 bits per heavy atom. The van der Waals surface area contributed by atoms with Gasteiger partial charge in [-0.25, -0.2) is 0 Å². The molecule has 3 rings (SSSR count). The van der Waals surface area contributed by atoms with Gasteiger partial charge in [0.25, 0.3) is 5.91 Å². The van der Waals surface area contributed by atoms with Gasteiger partial charge in [-0.1, -0.05) is 23.7 Å². The van der Waals surface area contributed by atoms with Gasteiger partial charge in [-0.05, 0) is 64.5 Å². The summed E-state index contributed by atoms with van der Waals surface area (Å²) >= 11 is 9.35. The number of halogens is 2. The maximum Gasteiger partial charge on any atom is 0.268 e. The second-order valence-corrected chi connectivity index (χ2v) is 6.48. The standard InChI is InChI=1S/C14H8ClIN2OS/c15-8-5-6-11-9(7-8)13(20-18-11)14(19)17-12-4-2-1-3-10(12)16/h1-7H,(H,17,19). The molecule has 1 heterocycles. The van der Waals surface area contributed by atoms with E-state index in [-0.39, 0.29) is 5.91 Å². The third-order valence-corrected chi connectivity index (χ3v) is 4.82. The number of nitrogens with one attached hydrogen (secondary N) is 1. The summed E-state index contributed by atoms with van der Waals surface area (Å²) in [5.41, 5.74) is 1.58. The predicted molar refractivity (Wildman–Crippen MR) is 91.7 cm³/mol. The van der Waals surface area contributed by atoms with Gasteiger partial charge >= 0.3 is 0 Å². The van der Waals surface area contributed by atoms with Gasteiger partial charge in [0.05, 0.1) is 11.2 Å². The van der Waals surface area contributed by atoms with Crippen LogP contribution < -0.4 is 5.32 Å². The summed E-state index contributed by atoms with van der Waals surface area (Å²) < 4.78 is 5.26. The molecule has 3 nitrogen and oxygen atoms in total. The lowest BCUT2D eigenvalue weighted by Crippen LogP contribution is -2.11. The highest BCUT2D eigenvalue weighted by atomic mass is 127. The van der Waals surface area contributed by atoms with Crippen LogP contribution in [0.15, 0.2) is 42.5 Å². The fraction of sp³-hybridized carbons (Fsp3) is 0. The largest absolute Gasteiger partial charge is 0.320 e. The van der Waals surface area contributed by atoms with E-state index in [9.17, 15) is 4.79 Å². The van der Waals surface area contributed by atoms with Gasteiger partial charge in [0.15, 0.2) is 0 Å². The zero-order chi connectivity index (χ0) is 14.1. The lowest BCUT2D eigenvalue weighted by molar-refractivity contribution is 0.103. The molecule has 0 bridgehead atoms. The number of para-hydroxylation sites is 1. The molecule has 2 aromatic carbocycles. The van der Waals surface area contributed by atoms with Crippen molar-refractivity contribution in [3.05, 3.63) is 55.9 Å². The topological polar surface area (TPSA) is 42.0 Å². The number of rotatable bonds is 2. The molecule has 20 heavy (non-hydrogen) atoms. The van der Waals surface area contributed by atoms with E-state index in [2.05, 4.69) is 32.3 Å². The molecule has 1 N–H and O–H groups in total. The van der Waals surface area contributed by atoms with Crippen molar-refractivity contribution in [2.24, 2.45) is 0 Å². The molecule has 0 aliphatic rings. The highest BCUT2D eigenvalue weighted by Crippen LogP contribution is 2.27. The molecule has 0 spiro atoms. The Bertz CT molecular complexity index is 803. The predicted octanol–water partition coefficient (Wildman–Crippen LogP) is 4.81. The molecular formula is C14H8ClIN2OS. The molecule has 0 saturated heterocycles. The van der Waals surface area contributed by atoms with Gasteiger partial charge in [-0.3, -0.25) is 4.79 Å². The lowest BCUT2D eigenvalue weighted by atomic mass is 10.2. The summed E-state index contributed by atoms with van der Waals surface area (Å²) in [5, 5.41) is 4.29. The number of benzene rings is 2. The molecule has 0 fully saturated rings. The molecule has 0 aliphatic carbocycles. The lowest BCUT2D eigenvalue weighted by Gasteiger charge is -2.05. The SMILES string of the molecule is O=C(Nc1ccccc1I)c1snc2ccc(Cl)cc12. The van der Waals surface area contributed by atoms with Crippen molar-refractivity contribution in [1.82, 2.24) is 4.37 Å². The van der Waals surface area contributed by atoms with E-state index in [0.717, 1.165) is 20.2 Å². The number of carbonyl (C=O) groups excluding carboxylic acids is 1. The average Bonchev–Trinajstić information content (AvgIpc) is 2.84. The maximum absolute atomic E-state index is 12.4. The van der Waals surface area contributed by atoms with Crippen molar-refractivity contribution in [2.45, 2.75) is 0 Å². The molecule has 0 aliphatic heterocycles. The Hall–Kier alpha value is -1.18. The molecule has 0 atom stereocenters. The van der Waals surface area contributed by atoms with Gasteiger partial charge in [0.2, 0.25) is 0 Å². The monoisotopic (exact) mass is 414 g/mol. The van der Waals surface area contributed by atoms with E-state index in [4.69, 9.17) is 11.6 Å². The molecule has 0 saturated carbocycles. The molecule has 1 amide bonds. The summed E-state index contributed by atoms with van der Waals surface area (Å²) in [4.78, 5) is 12.9. The van der Waals surface area contributed by atoms with E-state index < -0.39 is 0 Å². The van der Waals surface area contributed by atoms with Crippen LogP contribution in [-0.2, 0) is 0 Å². The van der Waals surface area contributed by atoms with E-state index in [1.165, 1.54) is 11.5 Å². The van der Waals surface area contributed by atoms with Gasteiger partial charge in [-0.2, -0.15) is 4.37 Å². The van der Waals surface area contributed by atoms with E-state index in [1.54, 1.807) is 12.1 Å². The first-order valence-corrected chi connectivity index (χ1v) is 7.99. The quantitative estimate of drug-likeness (QED) is 0.612. The average molecular weight is 415 g/mol. The summed E-state index contributed by atoms with van der Waals surface area (Å²) in [5.74, 6) is -0.163. The Morgan fingerprint density at radius 3 is 2.85 bits per heavy atom. The summed E-state index contributed by atoms with van der Waals surface area (Å²) in [7, 11) is 0. The number of anilines is 1. The number of aromatic nitrogens is 1. The van der Waals surface area contributed by atoms with Crippen molar-refractivity contribution in [2.75, 3.05) is 5.32 Å². The fourth-order valence-corrected chi connectivity index (χ4v) is 3.26. The van der Waals surface area contributed by atoms with Crippen LogP contribution in [-0.4, -0.2) is 10.3 Å². The molecule has 0 unspecified atom stereocenters. The molecule has 0 radical (unpaired) electrons. The minimum atomic E-state index is -0.163. The summed E-state index contributed by atoms with van der Waals surface area (Å²) in [6.45, 7) is 0. The highest BCUT2D eigenvalue weighted by molar-refractivity contribution is 14.1. The third-order valence-electron chi connectivity index (χ3n) is 2.77. The first kappa shape index (κ1) is 13.8. The van der Waals surface area contributed by atoms with Crippen LogP contribution in [0.3, 0.4) is 0 Å². The molecule has 1 aromatic heterocycles. The summed E-state index contributed by atoms with van der Waals surface area (Å²) in [6, 6.07) is 13.0. The Kier molecular flexibility index (Phi) is 3.91. The van der Waals surface area contributed by atoms with E-state index >= 15 is 0 Å². The van der Waals surface area contributed by atoms with Gasteiger partial charge in [0, 0.05) is 14.0 Å². The fourth-order valence-electron chi connectivity index (χ4n) is 1.82. The van der Waals surface area contributed by atoms with Gasteiger partial charge in [-0.15, -0.1) is 0 Å². The number of hydrogen-bond acceptors (Lipinski definition) is 3. The van der Waals surface area contributed by atoms with Crippen LogP contribution in [0.5, 0.6) is 0 Å². The number of nitrogens with zero attached hydrogens (tertiary/aromatic N) is 1. The first-order chi connectivity index (χ1) is 9.65. The van der Waals surface area contributed by atoms with Gasteiger partial charge < -0.3 is 5.32 Å². The van der Waals surface area contributed by atoms with Crippen LogP contribution in [0, 0.1) is 3.57 Å². The second-order valence-electron chi connectivity index (χ2n) is 4.11.